The highest BCUT2D eigenvalue weighted by Crippen LogP contribution is 2.26. The minimum atomic E-state index is -3.70. The Morgan fingerprint density at radius 2 is 1.77 bits per heavy atom. The number of halogens is 1. The molecule has 0 unspecified atom stereocenters. The molecule has 0 atom stereocenters. The molecule has 7 heteroatoms. The molecule has 0 spiro atoms. The van der Waals surface area contributed by atoms with E-state index in [4.69, 9.17) is 0 Å². The van der Waals surface area contributed by atoms with E-state index in [9.17, 15) is 13.2 Å². The Hall–Kier alpha value is -1.86. The number of aryl methyl sites for hydroxylation is 1. The molecule has 2 rings (SSSR count). The van der Waals surface area contributed by atoms with Crippen LogP contribution in [0, 0.1) is 6.92 Å². The molecule has 0 saturated heterocycles. The SMILES string of the molecule is CC(=O)Nc1ccc(S(=O)(=O)Nc2ccccc2Br)cc1C. The lowest BCUT2D eigenvalue weighted by molar-refractivity contribution is -0.114. The number of hydrogen-bond donors (Lipinski definition) is 2. The van der Waals surface area contributed by atoms with Crippen LogP contribution in [0.4, 0.5) is 11.4 Å². The number of rotatable bonds is 4. The third-order valence-corrected chi connectivity index (χ3v) is 4.99. The van der Waals surface area contributed by atoms with Gasteiger partial charge in [0.05, 0.1) is 10.6 Å². The first-order chi connectivity index (χ1) is 10.3. The van der Waals surface area contributed by atoms with E-state index in [0.29, 0.717) is 21.4 Å². The Kier molecular flexibility index (Phi) is 4.87. The van der Waals surface area contributed by atoms with Gasteiger partial charge in [0.1, 0.15) is 0 Å². The minimum absolute atomic E-state index is 0.134. The largest absolute Gasteiger partial charge is 0.326 e. The van der Waals surface area contributed by atoms with Gasteiger partial charge < -0.3 is 5.32 Å². The van der Waals surface area contributed by atoms with Crippen LogP contribution in [0.25, 0.3) is 0 Å². The van der Waals surface area contributed by atoms with E-state index in [0.717, 1.165) is 0 Å². The van der Waals surface area contributed by atoms with Gasteiger partial charge >= 0.3 is 0 Å². The minimum Gasteiger partial charge on any atom is -0.326 e. The summed E-state index contributed by atoms with van der Waals surface area (Å²) in [5, 5.41) is 2.65. The lowest BCUT2D eigenvalue weighted by atomic mass is 10.2. The number of hydrogen-bond acceptors (Lipinski definition) is 3. The van der Waals surface area contributed by atoms with Crippen molar-refractivity contribution in [2.24, 2.45) is 0 Å². The quantitative estimate of drug-likeness (QED) is 0.849. The smallest absolute Gasteiger partial charge is 0.261 e. The number of sulfonamides is 1. The van der Waals surface area contributed by atoms with E-state index >= 15 is 0 Å². The standard InChI is InChI=1S/C15H15BrN2O3S/c1-10-9-12(7-8-14(10)17-11(2)19)22(20,21)18-15-6-4-3-5-13(15)16/h3-9,18H,1-2H3,(H,17,19). The summed E-state index contributed by atoms with van der Waals surface area (Å²) < 4.78 is 28.0. The molecule has 116 valence electrons. The molecule has 0 radical (unpaired) electrons. The maximum atomic E-state index is 12.4. The molecule has 5 nitrogen and oxygen atoms in total. The van der Waals surface area contributed by atoms with E-state index in [-0.39, 0.29) is 10.8 Å². The van der Waals surface area contributed by atoms with Crippen LogP contribution in [-0.2, 0) is 14.8 Å². The summed E-state index contributed by atoms with van der Waals surface area (Å²) in [4.78, 5) is 11.2. The van der Waals surface area contributed by atoms with Crippen LogP contribution in [-0.4, -0.2) is 14.3 Å². The van der Waals surface area contributed by atoms with Crippen LogP contribution in [0.1, 0.15) is 12.5 Å². The lowest BCUT2D eigenvalue weighted by Gasteiger charge is -2.12. The molecule has 2 aromatic rings. The van der Waals surface area contributed by atoms with Gasteiger partial charge in [-0.2, -0.15) is 0 Å². The Morgan fingerprint density at radius 3 is 2.36 bits per heavy atom. The number of carbonyl (C=O) groups excluding carboxylic acids is 1. The summed E-state index contributed by atoms with van der Waals surface area (Å²) in [6, 6.07) is 11.5. The maximum Gasteiger partial charge on any atom is 0.261 e. The van der Waals surface area contributed by atoms with Gasteiger partial charge in [-0.1, -0.05) is 12.1 Å². The summed E-state index contributed by atoms with van der Waals surface area (Å²) >= 11 is 3.30. The van der Waals surface area contributed by atoms with E-state index in [1.54, 1.807) is 37.3 Å². The number of para-hydroxylation sites is 1. The molecule has 0 aliphatic rings. The van der Waals surface area contributed by atoms with Gasteiger partial charge in [-0.25, -0.2) is 8.42 Å². The van der Waals surface area contributed by atoms with Crippen LogP contribution in [0.3, 0.4) is 0 Å². The highest BCUT2D eigenvalue weighted by Gasteiger charge is 2.16. The fourth-order valence-electron chi connectivity index (χ4n) is 1.88. The first-order valence-electron chi connectivity index (χ1n) is 6.45. The fourth-order valence-corrected chi connectivity index (χ4v) is 3.56. The maximum absolute atomic E-state index is 12.4. The molecule has 0 aliphatic carbocycles. The molecule has 0 saturated carbocycles. The first-order valence-corrected chi connectivity index (χ1v) is 8.73. The van der Waals surface area contributed by atoms with Gasteiger partial charge in [0.2, 0.25) is 5.91 Å². The van der Waals surface area contributed by atoms with E-state index in [1.807, 2.05) is 0 Å². The third-order valence-electron chi connectivity index (χ3n) is 2.94. The Balaban J connectivity index is 2.32. The molecular weight excluding hydrogens is 368 g/mol. The molecule has 2 aromatic carbocycles. The van der Waals surface area contributed by atoms with E-state index in [2.05, 4.69) is 26.0 Å². The first kappa shape index (κ1) is 16.5. The summed E-state index contributed by atoms with van der Waals surface area (Å²) in [5.41, 5.74) is 1.73. The highest BCUT2D eigenvalue weighted by molar-refractivity contribution is 9.10. The molecule has 0 bridgehead atoms. The Morgan fingerprint density at radius 1 is 1.09 bits per heavy atom. The molecular formula is C15H15BrN2O3S. The third kappa shape index (κ3) is 3.86. The van der Waals surface area contributed by atoms with Gasteiger partial charge in [0, 0.05) is 17.1 Å². The van der Waals surface area contributed by atoms with Crippen LogP contribution >= 0.6 is 15.9 Å². The molecule has 0 heterocycles. The lowest BCUT2D eigenvalue weighted by Crippen LogP contribution is -2.14. The van der Waals surface area contributed by atoms with Crippen molar-refractivity contribution in [1.29, 1.82) is 0 Å². The predicted octanol–water partition coefficient (Wildman–Crippen LogP) is 3.52. The van der Waals surface area contributed by atoms with Crippen LogP contribution in [0.15, 0.2) is 51.8 Å². The molecule has 0 fully saturated rings. The highest BCUT2D eigenvalue weighted by atomic mass is 79.9. The van der Waals surface area contributed by atoms with Crippen molar-refractivity contribution >= 4 is 43.2 Å². The second kappa shape index (κ2) is 6.50. The van der Waals surface area contributed by atoms with Crippen molar-refractivity contribution in [3.63, 3.8) is 0 Å². The van der Waals surface area contributed by atoms with Crippen molar-refractivity contribution < 1.29 is 13.2 Å². The molecule has 0 aliphatic heterocycles. The summed E-state index contributed by atoms with van der Waals surface area (Å²) in [6.07, 6.45) is 0. The zero-order chi connectivity index (χ0) is 16.3. The number of benzene rings is 2. The molecule has 2 N–H and O–H groups in total. The van der Waals surface area contributed by atoms with Gasteiger partial charge in [-0.3, -0.25) is 9.52 Å². The van der Waals surface area contributed by atoms with Crippen LogP contribution in [0.5, 0.6) is 0 Å². The van der Waals surface area contributed by atoms with E-state index in [1.165, 1.54) is 19.1 Å². The Labute approximate surface area is 137 Å². The predicted molar refractivity (Wildman–Crippen MR) is 90.4 cm³/mol. The van der Waals surface area contributed by atoms with Gasteiger partial charge in [0.25, 0.3) is 10.0 Å². The number of anilines is 2. The summed E-state index contributed by atoms with van der Waals surface area (Å²) in [6.45, 7) is 3.14. The average molecular weight is 383 g/mol. The second-order valence-corrected chi connectivity index (χ2v) is 7.28. The van der Waals surface area contributed by atoms with Gasteiger partial charge in [0.15, 0.2) is 0 Å². The van der Waals surface area contributed by atoms with Crippen molar-refractivity contribution in [3.05, 3.63) is 52.5 Å². The summed E-state index contributed by atoms with van der Waals surface area (Å²) in [5.74, 6) is -0.204. The number of carbonyl (C=O) groups is 1. The average Bonchev–Trinajstić information content (AvgIpc) is 2.43. The molecule has 1 amide bonds. The molecule has 22 heavy (non-hydrogen) atoms. The zero-order valence-corrected chi connectivity index (χ0v) is 14.5. The van der Waals surface area contributed by atoms with Crippen LogP contribution < -0.4 is 10.0 Å². The molecule has 0 aromatic heterocycles. The van der Waals surface area contributed by atoms with Crippen molar-refractivity contribution in [1.82, 2.24) is 0 Å². The fraction of sp³-hybridized carbons (Fsp3) is 0.133. The van der Waals surface area contributed by atoms with E-state index < -0.39 is 10.0 Å². The topological polar surface area (TPSA) is 75.3 Å². The monoisotopic (exact) mass is 382 g/mol. The summed E-state index contributed by atoms with van der Waals surface area (Å²) in [7, 11) is -3.70. The number of nitrogens with one attached hydrogen (secondary N) is 2. The second-order valence-electron chi connectivity index (χ2n) is 4.74. The zero-order valence-electron chi connectivity index (χ0n) is 12.1. The van der Waals surface area contributed by atoms with Crippen molar-refractivity contribution in [2.75, 3.05) is 10.0 Å². The normalized spacial score (nSPS) is 11.0. The van der Waals surface area contributed by atoms with Crippen LogP contribution in [0.2, 0.25) is 0 Å². The van der Waals surface area contributed by atoms with Crippen molar-refractivity contribution in [2.45, 2.75) is 18.7 Å². The number of amides is 1. The van der Waals surface area contributed by atoms with Crippen molar-refractivity contribution in [3.8, 4) is 0 Å². The van der Waals surface area contributed by atoms with Gasteiger partial charge in [-0.15, -0.1) is 0 Å². The van der Waals surface area contributed by atoms with Gasteiger partial charge in [-0.05, 0) is 58.7 Å². The Bertz CT molecular complexity index is 819.